The van der Waals surface area contributed by atoms with Gasteiger partial charge in [-0.25, -0.2) is 9.59 Å². The molecule has 0 radical (unpaired) electrons. The quantitative estimate of drug-likeness (QED) is 0.670. The Labute approximate surface area is 134 Å². The van der Waals surface area contributed by atoms with E-state index < -0.39 is 11.9 Å². The Morgan fingerprint density at radius 2 is 1.70 bits per heavy atom. The number of carbonyl (C=O) groups is 2. The first-order valence-electron chi connectivity index (χ1n) is 7.15. The van der Waals surface area contributed by atoms with Gasteiger partial charge in [-0.3, -0.25) is 0 Å². The lowest BCUT2D eigenvalue weighted by molar-refractivity contribution is -0.136. The van der Waals surface area contributed by atoms with Crippen LogP contribution in [-0.2, 0) is 16.6 Å². The molecule has 0 bridgehead atoms. The Kier molecular flexibility index (Phi) is 4.40. The summed E-state index contributed by atoms with van der Waals surface area (Å²) in [5.74, 6) is -2.50. The van der Waals surface area contributed by atoms with Gasteiger partial charge in [-0.15, -0.1) is 0 Å². The fraction of sp³-hybridized carbons (Fsp3) is 0.222. The molecule has 0 fully saturated rings. The molecule has 0 aliphatic rings. The molecule has 0 saturated carbocycles. The molecular formula is C18H19NO4. The van der Waals surface area contributed by atoms with Crippen molar-refractivity contribution in [1.29, 1.82) is 0 Å². The maximum Gasteiger partial charge on any atom is 0.336 e. The zero-order chi connectivity index (χ0) is 17.3. The molecule has 0 unspecified atom stereocenters. The lowest BCUT2D eigenvalue weighted by atomic mass is 9.99. The van der Waals surface area contributed by atoms with Gasteiger partial charge in [-0.1, -0.05) is 23.8 Å². The highest BCUT2D eigenvalue weighted by Gasteiger charge is 2.22. The van der Waals surface area contributed by atoms with E-state index in [0.29, 0.717) is 11.3 Å². The molecule has 2 rings (SSSR count). The van der Waals surface area contributed by atoms with Gasteiger partial charge in [0.25, 0.3) is 0 Å². The molecule has 0 aliphatic carbocycles. The molecule has 0 spiro atoms. The fourth-order valence-electron chi connectivity index (χ4n) is 2.78. The summed E-state index contributed by atoms with van der Waals surface area (Å²) < 4.78 is 1.87. The average molecular weight is 313 g/mol. The van der Waals surface area contributed by atoms with Crippen LogP contribution < -0.4 is 0 Å². The molecular weight excluding hydrogens is 294 g/mol. The van der Waals surface area contributed by atoms with Crippen molar-refractivity contribution >= 4 is 28.9 Å². The molecule has 1 aromatic heterocycles. The number of carboxylic acids is 2. The Balaban J connectivity index is 2.78. The number of aliphatic carboxylic acids is 2. The van der Waals surface area contributed by atoms with Crippen LogP contribution in [0.2, 0.25) is 0 Å². The zero-order valence-corrected chi connectivity index (χ0v) is 13.5. The van der Waals surface area contributed by atoms with E-state index in [2.05, 4.69) is 0 Å². The smallest absolute Gasteiger partial charge is 0.336 e. The second-order valence-electron chi connectivity index (χ2n) is 5.63. The second-order valence-corrected chi connectivity index (χ2v) is 5.63. The van der Waals surface area contributed by atoms with Crippen molar-refractivity contribution in [2.24, 2.45) is 7.05 Å². The predicted octanol–water partition coefficient (Wildman–Crippen LogP) is 3.38. The molecule has 2 N–H and O–H groups in total. The van der Waals surface area contributed by atoms with Crippen LogP contribution in [0.4, 0.5) is 0 Å². The van der Waals surface area contributed by atoms with E-state index >= 15 is 0 Å². The Morgan fingerprint density at radius 3 is 2.17 bits per heavy atom. The van der Waals surface area contributed by atoms with Gasteiger partial charge in [0.05, 0.1) is 11.1 Å². The third-order valence-electron chi connectivity index (χ3n) is 3.91. The monoisotopic (exact) mass is 313 g/mol. The third-order valence-corrected chi connectivity index (χ3v) is 3.91. The van der Waals surface area contributed by atoms with Crippen molar-refractivity contribution in [2.45, 2.75) is 20.8 Å². The minimum Gasteiger partial charge on any atom is -0.478 e. The van der Waals surface area contributed by atoms with Gasteiger partial charge in [-0.2, -0.15) is 0 Å². The summed E-state index contributed by atoms with van der Waals surface area (Å²) in [6.07, 6.45) is 1.44. The van der Waals surface area contributed by atoms with Gasteiger partial charge in [0, 0.05) is 23.6 Å². The predicted molar refractivity (Wildman–Crippen MR) is 89.3 cm³/mol. The summed E-state index contributed by atoms with van der Waals surface area (Å²) in [4.78, 5) is 23.1. The highest BCUT2D eigenvalue weighted by atomic mass is 16.4. The number of benzene rings is 1. The van der Waals surface area contributed by atoms with Crippen LogP contribution in [0.25, 0.3) is 17.0 Å². The maximum atomic E-state index is 11.6. The van der Waals surface area contributed by atoms with Gasteiger partial charge in [-0.05, 0) is 38.5 Å². The van der Waals surface area contributed by atoms with E-state index in [1.807, 2.05) is 42.8 Å². The van der Waals surface area contributed by atoms with E-state index in [1.54, 1.807) is 13.8 Å². The van der Waals surface area contributed by atoms with Gasteiger partial charge in [0.2, 0.25) is 0 Å². The number of hydrogen-bond donors (Lipinski definition) is 2. The Morgan fingerprint density at radius 1 is 1.09 bits per heavy atom. The summed E-state index contributed by atoms with van der Waals surface area (Å²) in [5, 5.41) is 19.8. The van der Waals surface area contributed by atoms with Gasteiger partial charge < -0.3 is 14.8 Å². The molecule has 5 nitrogen and oxygen atoms in total. The zero-order valence-electron chi connectivity index (χ0n) is 13.5. The van der Waals surface area contributed by atoms with Gasteiger partial charge in [0.15, 0.2) is 0 Å². The topological polar surface area (TPSA) is 79.5 Å². The molecule has 0 amide bonds. The minimum absolute atomic E-state index is 0.179. The third kappa shape index (κ3) is 2.90. The number of aromatic nitrogens is 1. The lowest BCUT2D eigenvalue weighted by Crippen LogP contribution is -2.13. The largest absolute Gasteiger partial charge is 0.478 e. The molecule has 5 heteroatoms. The first-order chi connectivity index (χ1) is 10.8. The van der Waals surface area contributed by atoms with Crippen LogP contribution in [0.3, 0.4) is 0 Å². The van der Waals surface area contributed by atoms with Crippen LogP contribution in [0, 0.1) is 6.92 Å². The first kappa shape index (κ1) is 16.5. The molecule has 0 atom stereocenters. The summed E-state index contributed by atoms with van der Waals surface area (Å²) in [5.41, 5.74) is 2.62. The normalized spacial score (nSPS) is 11.6. The summed E-state index contributed by atoms with van der Waals surface area (Å²) in [6.45, 7) is 5.08. The fourth-order valence-corrected chi connectivity index (χ4v) is 2.78. The number of fused-ring (bicyclic) bond motifs is 1. The lowest BCUT2D eigenvalue weighted by Gasteiger charge is -2.08. The Bertz CT molecular complexity index is 826. The average Bonchev–Trinajstić information content (AvgIpc) is 2.71. The van der Waals surface area contributed by atoms with Crippen molar-refractivity contribution in [1.82, 2.24) is 4.57 Å². The standard InChI is InChI=1S/C18H19NO4/c1-10(2)16(18(22)23)13(17(20)21)9-15-11(3)12-7-5-6-8-14(12)19(15)4/h5-9H,1-4H3,(H,20,21)(H,22,23). The van der Waals surface area contributed by atoms with Gasteiger partial charge in [0.1, 0.15) is 0 Å². The summed E-state index contributed by atoms with van der Waals surface area (Å²) in [7, 11) is 1.84. The Hall–Kier alpha value is -2.82. The summed E-state index contributed by atoms with van der Waals surface area (Å²) >= 11 is 0. The van der Waals surface area contributed by atoms with Crippen molar-refractivity contribution in [3.05, 3.63) is 52.2 Å². The SMILES string of the molecule is CC(C)=C(C(=O)O)C(=Cc1c(C)c2ccccc2n1C)C(=O)O. The number of allylic oxidation sites excluding steroid dienone is 1. The van der Waals surface area contributed by atoms with Crippen molar-refractivity contribution in [2.75, 3.05) is 0 Å². The second kappa shape index (κ2) is 6.12. The van der Waals surface area contributed by atoms with E-state index in [-0.39, 0.29) is 11.1 Å². The number of rotatable bonds is 4. The van der Waals surface area contributed by atoms with Crippen LogP contribution in [0.5, 0.6) is 0 Å². The number of carboxylic acid groups (broad SMARTS) is 2. The highest BCUT2D eigenvalue weighted by Crippen LogP contribution is 2.28. The number of aryl methyl sites for hydroxylation is 2. The first-order valence-corrected chi connectivity index (χ1v) is 7.15. The van der Waals surface area contributed by atoms with E-state index in [4.69, 9.17) is 0 Å². The van der Waals surface area contributed by atoms with Crippen LogP contribution in [0.15, 0.2) is 41.0 Å². The minimum atomic E-state index is -1.26. The number of para-hydroxylation sites is 1. The molecule has 1 aromatic carbocycles. The van der Waals surface area contributed by atoms with E-state index in [9.17, 15) is 19.8 Å². The molecule has 2 aromatic rings. The molecule has 1 heterocycles. The summed E-state index contributed by atoms with van der Waals surface area (Å²) in [6, 6.07) is 7.73. The van der Waals surface area contributed by atoms with Crippen molar-refractivity contribution in [3.8, 4) is 0 Å². The van der Waals surface area contributed by atoms with Crippen LogP contribution >= 0.6 is 0 Å². The molecule has 120 valence electrons. The molecule has 0 saturated heterocycles. The van der Waals surface area contributed by atoms with Crippen LogP contribution in [-0.4, -0.2) is 26.7 Å². The highest BCUT2D eigenvalue weighted by molar-refractivity contribution is 6.09. The van der Waals surface area contributed by atoms with Crippen LogP contribution in [0.1, 0.15) is 25.1 Å². The van der Waals surface area contributed by atoms with Crippen molar-refractivity contribution in [3.63, 3.8) is 0 Å². The van der Waals surface area contributed by atoms with Gasteiger partial charge >= 0.3 is 11.9 Å². The van der Waals surface area contributed by atoms with E-state index in [0.717, 1.165) is 16.5 Å². The number of nitrogens with zero attached hydrogens (tertiary/aromatic N) is 1. The molecule has 23 heavy (non-hydrogen) atoms. The maximum absolute atomic E-state index is 11.6. The number of hydrogen-bond acceptors (Lipinski definition) is 2. The van der Waals surface area contributed by atoms with E-state index in [1.165, 1.54) is 6.08 Å². The van der Waals surface area contributed by atoms with Crippen molar-refractivity contribution < 1.29 is 19.8 Å². The molecule has 0 aliphatic heterocycles.